The number of ketones is 1. The first-order valence-corrected chi connectivity index (χ1v) is 4.66. The van der Waals surface area contributed by atoms with E-state index in [0.717, 1.165) is 5.56 Å². The molecule has 0 atom stereocenters. The van der Waals surface area contributed by atoms with Gasteiger partial charge in [-0.15, -0.1) is 0 Å². The number of Topliss-reactive ketones (excluding diaryl/α,β-unsaturated/α-hetero) is 1. The molecule has 2 N–H and O–H groups in total. The smallest absolute Gasteiger partial charge is 0.169 e. The van der Waals surface area contributed by atoms with Crippen molar-refractivity contribution in [2.45, 2.75) is 6.42 Å². The summed E-state index contributed by atoms with van der Waals surface area (Å²) in [6.07, 6.45) is 3.44. The Morgan fingerprint density at radius 2 is 2.07 bits per heavy atom. The summed E-state index contributed by atoms with van der Waals surface area (Å²) in [7, 11) is 0. The predicted molar refractivity (Wildman–Crippen MR) is 57.6 cm³/mol. The van der Waals surface area contributed by atoms with Crippen LogP contribution in [-0.4, -0.2) is 5.78 Å². The number of hydrogen-bond donors (Lipinski definition) is 1. The molecular formula is C12H11NO2. The largest absolute Gasteiger partial charge is 0.472 e. The Morgan fingerprint density at radius 3 is 2.73 bits per heavy atom. The molecule has 1 aromatic carbocycles. The quantitative estimate of drug-likeness (QED) is 0.612. The summed E-state index contributed by atoms with van der Waals surface area (Å²) in [5.41, 5.74) is 7.66. The monoisotopic (exact) mass is 201 g/mol. The number of furan rings is 1. The third-order valence-electron chi connectivity index (χ3n) is 2.21. The molecule has 0 saturated carbocycles. The van der Waals surface area contributed by atoms with Crippen LogP contribution in [0.2, 0.25) is 0 Å². The predicted octanol–water partition coefficient (Wildman–Crippen LogP) is 2.29. The van der Waals surface area contributed by atoms with Crippen molar-refractivity contribution in [3.8, 4) is 0 Å². The summed E-state index contributed by atoms with van der Waals surface area (Å²) in [5.74, 6) is 0.00880. The van der Waals surface area contributed by atoms with Crippen LogP contribution in [-0.2, 0) is 6.42 Å². The van der Waals surface area contributed by atoms with Gasteiger partial charge in [-0.1, -0.05) is 12.1 Å². The van der Waals surface area contributed by atoms with Crippen LogP contribution in [0.4, 0.5) is 5.69 Å². The first-order chi connectivity index (χ1) is 7.27. The van der Waals surface area contributed by atoms with Gasteiger partial charge in [-0.25, -0.2) is 0 Å². The lowest BCUT2D eigenvalue weighted by molar-refractivity contribution is 0.0993. The van der Waals surface area contributed by atoms with E-state index in [0.29, 0.717) is 17.7 Å². The van der Waals surface area contributed by atoms with Gasteiger partial charge in [0.25, 0.3) is 0 Å². The summed E-state index contributed by atoms with van der Waals surface area (Å²) in [5, 5.41) is 0. The zero-order chi connectivity index (χ0) is 10.7. The van der Waals surface area contributed by atoms with E-state index < -0.39 is 0 Å². The van der Waals surface area contributed by atoms with E-state index in [1.165, 1.54) is 0 Å². The Hall–Kier alpha value is -2.03. The van der Waals surface area contributed by atoms with Crippen molar-refractivity contribution >= 4 is 11.5 Å². The SMILES string of the molecule is Nc1ccccc1C(=O)Cc1ccoc1. The van der Waals surface area contributed by atoms with E-state index >= 15 is 0 Å². The molecule has 0 aliphatic carbocycles. The van der Waals surface area contributed by atoms with Gasteiger partial charge in [0.15, 0.2) is 5.78 Å². The zero-order valence-corrected chi connectivity index (χ0v) is 8.14. The van der Waals surface area contributed by atoms with E-state index in [1.54, 1.807) is 36.8 Å². The fourth-order valence-corrected chi connectivity index (χ4v) is 1.42. The molecule has 0 saturated heterocycles. The Kier molecular flexibility index (Phi) is 2.54. The van der Waals surface area contributed by atoms with Crippen LogP contribution >= 0.6 is 0 Å². The maximum atomic E-state index is 11.8. The first kappa shape index (κ1) is 9.52. The topological polar surface area (TPSA) is 56.2 Å². The summed E-state index contributed by atoms with van der Waals surface area (Å²) in [6, 6.07) is 8.85. The Morgan fingerprint density at radius 1 is 1.27 bits per heavy atom. The van der Waals surface area contributed by atoms with Crippen LogP contribution < -0.4 is 5.73 Å². The standard InChI is InChI=1S/C12H11NO2/c13-11-4-2-1-3-10(11)12(14)7-9-5-6-15-8-9/h1-6,8H,7,13H2. The molecule has 3 nitrogen and oxygen atoms in total. The van der Waals surface area contributed by atoms with Crippen molar-refractivity contribution in [1.82, 2.24) is 0 Å². The minimum atomic E-state index is 0.00880. The molecule has 2 aromatic rings. The van der Waals surface area contributed by atoms with Gasteiger partial charge in [0.1, 0.15) is 0 Å². The third kappa shape index (κ3) is 2.07. The highest BCUT2D eigenvalue weighted by molar-refractivity contribution is 6.01. The van der Waals surface area contributed by atoms with Gasteiger partial charge in [-0.05, 0) is 23.8 Å². The van der Waals surface area contributed by atoms with Gasteiger partial charge < -0.3 is 10.2 Å². The average Bonchev–Trinajstić information content (AvgIpc) is 2.71. The van der Waals surface area contributed by atoms with Crippen LogP contribution in [0, 0.1) is 0 Å². The van der Waals surface area contributed by atoms with E-state index in [1.807, 2.05) is 6.07 Å². The molecule has 0 aliphatic heterocycles. The van der Waals surface area contributed by atoms with E-state index in [9.17, 15) is 4.79 Å². The molecule has 1 aromatic heterocycles. The number of hydrogen-bond acceptors (Lipinski definition) is 3. The molecule has 0 fully saturated rings. The molecule has 1 heterocycles. The second-order valence-electron chi connectivity index (χ2n) is 3.32. The number of carbonyl (C=O) groups excluding carboxylic acids is 1. The minimum absolute atomic E-state index is 0.00880. The number of anilines is 1. The molecule has 0 bridgehead atoms. The third-order valence-corrected chi connectivity index (χ3v) is 2.21. The molecule has 0 spiro atoms. The lowest BCUT2D eigenvalue weighted by Crippen LogP contribution is -2.06. The van der Waals surface area contributed by atoms with Crippen molar-refractivity contribution in [2.75, 3.05) is 5.73 Å². The Balaban J connectivity index is 2.19. The van der Waals surface area contributed by atoms with Gasteiger partial charge >= 0.3 is 0 Å². The van der Waals surface area contributed by atoms with Crippen LogP contribution in [0.25, 0.3) is 0 Å². The molecular weight excluding hydrogens is 190 g/mol. The van der Waals surface area contributed by atoms with Crippen LogP contribution in [0.15, 0.2) is 47.3 Å². The second-order valence-corrected chi connectivity index (χ2v) is 3.32. The van der Waals surface area contributed by atoms with Gasteiger partial charge in [0.05, 0.1) is 12.5 Å². The van der Waals surface area contributed by atoms with Crippen LogP contribution in [0.3, 0.4) is 0 Å². The van der Waals surface area contributed by atoms with Gasteiger partial charge in [-0.2, -0.15) is 0 Å². The lowest BCUT2D eigenvalue weighted by atomic mass is 10.0. The highest BCUT2D eigenvalue weighted by Gasteiger charge is 2.10. The number of nitrogens with two attached hydrogens (primary N) is 1. The number of rotatable bonds is 3. The van der Waals surface area contributed by atoms with E-state index in [2.05, 4.69) is 0 Å². The van der Waals surface area contributed by atoms with Crippen molar-refractivity contribution in [1.29, 1.82) is 0 Å². The van der Waals surface area contributed by atoms with Crippen molar-refractivity contribution in [3.63, 3.8) is 0 Å². The number of benzene rings is 1. The molecule has 76 valence electrons. The van der Waals surface area contributed by atoms with Crippen LogP contribution in [0.1, 0.15) is 15.9 Å². The summed E-state index contributed by atoms with van der Waals surface area (Å²) in [6.45, 7) is 0. The zero-order valence-electron chi connectivity index (χ0n) is 8.14. The highest BCUT2D eigenvalue weighted by atomic mass is 16.3. The molecule has 15 heavy (non-hydrogen) atoms. The fraction of sp³-hybridized carbons (Fsp3) is 0.0833. The first-order valence-electron chi connectivity index (χ1n) is 4.66. The van der Waals surface area contributed by atoms with Crippen molar-refractivity contribution in [2.24, 2.45) is 0 Å². The maximum Gasteiger partial charge on any atom is 0.169 e. The van der Waals surface area contributed by atoms with Gasteiger partial charge in [0, 0.05) is 17.7 Å². The molecule has 0 aliphatic rings. The molecule has 0 radical (unpaired) electrons. The van der Waals surface area contributed by atoms with Crippen molar-refractivity contribution in [3.05, 3.63) is 54.0 Å². The lowest BCUT2D eigenvalue weighted by Gasteiger charge is -2.02. The summed E-state index contributed by atoms with van der Waals surface area (Å²) >= 11 is 0. The fourth-order valence-electron chi connectivity index (χ4n) is 1.42. The summed E-state index contributed by atoms with van der Waals surface area (Å²) in [4.78, 5) is 11.8. The summed E-state index contributed by atoms with van der Waals surface area (Å²) < 4.78 is 4.90. The number of carbonyl (C=O) groups is 1. The molecule has 0 amide bonds. The molecule has 3 heteroatoms. The van der Waals surface area contributed by atoms with Crippen LogP contribution in [0.5, 0.6) is 0 Å². The Labute approximate surface area is 87.5 Å². The second kappa shape index (κ2) is 4.00. The van der Waals surface area contributed by atoms with E-state index in [-0.39, 0.29) is 5.78 Å². The van der Waals surface area contributed by atoms with Crippen molar-refractivity contribution < 1.29 is 9.21 Å². The maximum absolute atomic E-state index is 11.8. The highest BCUT2D eigenvalue weighted by Crippen LogP contribution is 2.14. The van der Waals surface area contributed by atoms with Gasteiger partial charge in [-0.3, -0.25) is 4.79 Å². The van der Waals surface area contributed by atoms with Gasteiger partial charge in [0.2, 0.25) is 0 Å². The Bertz CT molecular complexity index is 460. The van der Waals surface area contributed by atoms with E-state index in [4.69, 9.17) is 10.2 Å². The molecule has 0 unspecified atom stereocenters. The average molecular weight is 201 g/mol. The molecule has 2 rings (SSSR count). The number of nitrogen functional groups attached to an aromatic ring is 1. The normalized spacial score (nSPS) is 10.1. The minimum Gasteiger partial charge on any atom is -0.472 e. The number of para-hydroxylation sites is 1.